The van der Waals surface area contributed by atoms with Gasteiger partial charge in [0, 0.05) is 22.6 Å². The number of hydrogen-bond acceptors (Lipinski definition) is 2. The molecule has 2 rings (SSSR count). The number of aromatic nitrogens is 2. The van der Waals surface area contributed by atoms with Crippen LogP contribution in [0, 0.1) is 13.8 Å². The lowest BCUT2D eigenvalue weighted by molar-refractivity contribution is 0.301. The smallest absolute Gasteiger partial charge is 0.133 e. The lowest BCUT2D eigenvalue weighted by atomic mass is 10.1. The third-order valence-electron chi connectivity index (χ3n) is 3.09. The molecule has 0 aliphatic carbocycles. The first-order valence-electron chi connectivity index (χ1n) is 6.09. The van der Waals surface area contributed by atoms with Crippen molar-refractivity contribution in [1.82, 2.24) is 9.78 Å². The standard InChI is InChI=1S/C14H15BrCl2N2O/c1-8-4-11(15)5-10(6-16)13(8)20-7-12-9(2)18-19(3)14(12)17/h4-5H,6-7H2,1-3H3. The van der Waals surface area contributed by atoms with Crippen LogP contribution in [-0.2, 0) is 19.5 Å². The summed E-state index contributed by atoms with van der Waals surface area (Å²) in [6.07, 6.45) is 0. The van der Waals surface area contributed by atoms with E-state index >= 15 is 0 Å². The first-order chi connectivity index (χ1) is 9.43. The summed E-state index contributed by atoms with van der Waals surface area (Å²) in [6, 6.07) is 3.97. The van der Waals surface area contributed by atoms with Gasteiger partial charge in [-0.1, -0.05) is 27.5 Å². The van der Waals surface area contributed by atoms with Crippen molar-refractivity contribution in [2.75, 3.05) is 0 Å². The molecule has 0 unspecified atom stereocenters. The molecule has 108 valence electrons. The van der Waals surface area contributed by atoms with Crippen LogP contribution in [0.4, 0.5) is 0 Å². The lowest BCUT2D eigenvalue weighted by Crippen LogP contribution is -2.01. The summed E-state index contributed by atoms with van der Waals surface area (Å²) in [6.45, 7) is 4.29. The van der Waals surface area contributed by atoms with Gasteiger partial charge in [-0.05, 0) is 31.5 Å². The normalized spacial score (nSPS) is 10.9. The average Bonchev–Trinajstić information content (AvgIpc) is 2.62. The predicted molar refractivity (Wildman–Crippen MR) is 85.7 cm³/mol. The molecule has 0 saturated heterocycles. The molecular formula is C14H15BrCl2N2O. The van der Waals surface area contributed by atoms with Gasteiger partial charge >= 0.3 is 0 Å². The van der Waals surface area contributed by atoms with Crippen molar-refractivity contribution >= 4 is 39.1 Å². The van der Waals surface area contributed by atoms with E-state index in [0.717, 1.165) is 32.6 Å². The summed E-state index contributed by atoms with van der Waals surface area (Å²) >= 11 is 15.6. The van der Waals surface area contributed by atoms with E-state index in [1.54, 1.807) is 4.68 Å². The van der Waals surface area contributed by atoms with Crippen molar-refractivity contribution < 1.29 is 4.74 Å². The van der Waals surface area contributed by atoms with Crippen LogP contribution in [0.3, 0.4) is 0 Å². The molecule has 3 nitrogen and oxygen atoms in total. The molecule has 0 spiro atoms. The van der Waals surface area contributed by atoms with Crippen molar-refractivity contribution in [3.05, 3.63) is 44.1 Å². The third-order valence-corrected chi connectivity index (χ3v) is 4.31. The zero-order valence-corrected chi connectivity index (χ0v) is 14.6. The van der Waals surface area contributed by atoms with Crippen LogP contribution in [0.15, 0.2) is 16.6 Å². The first-order valence-corrected chi connectivity index (χ1v) is 7.80. The number of alkyl halides is 1. The molecule has 0 aliphatic rings. The van der Waals surface area contributed by atoms with Gasteiger partial charge in [-0.2, -0.15) is 5.10 Å². The monoisotopic (exact) mass is 376 g/mol. The topological polar surface area (TPSA) is 27.1 Å². The fourth-order valence-electron chi connectivity index (χ4n) is 2.09. The van der Waals surface area contributed by atoms with E-state index in [1.807, 2.05) is 33.0 Å². The zero-order valence-electron chi connectivity index (χ0n) is 11.5. The van der Waals surface area contributed by atoms with Gasteiger partial charge in [-0.3, -0.25) is 4.68 Å². The van der Waals surface area contributed by atoms with Gasteiger partial charge in [0.25, 0.3) is 0 Å². The van der Waals surface area contributed by atoms with Crippen LogP contribution in [0.2, 0.25) is 5.15 Å². The molecule has 0 amide bonds. The second kappa shape index (κ2) is 6.37. The Morgan fingerprint density at radius 3 is 2.60 bits per heavy atom. The van der Waals surface area contributed by atoms with Crippen LogP contribution >= 0.6 is 39.1 Å². The minimum atomic E-state index is 0.380. The van der Waals surface area contributed by atoms with E-state index in [4.69, 9.17) is 27.9 Å². The molecule has 0 N–H and O–H groups in total. The number of nitrogens with zero attached hydrogens (tertiary/aromatic N) is 2. The van der Waals surface area contributed by atoms with Gasteiger partial charge < -0.3 is 4.74 Å². The van der Waals surface area contributed by atoms with E-state index in [1.165, 1.54) is 0 Å². The van der Waals surface area contributed by atoms with Crippen molar-refractivity contribution in [3.8, 4) is 5.75 Å². The minimum absolute atomic E-state index is 0.380. The molecule has 1 heterocycles. The Morgan fingerprint density at radius 1 is 1.35 bits per heavy atom. The molecule has 2 aromatic rings. The quantitative estimate of drug-likeness (QED) is 0.717. The molecule has 1 aromatic heterocycles. The maximum Gasteiger partial charge on any atom is 0.133 e. The summed E-state index contributed by atoms with van der Waals surface area (Å²) in [5, 5.41) is 4.87. The molecule has 6 heteroatoms. The van der Waals surface area contributed by atoms with Crippen LogP contribution in [0.1, 0.15) is 22.4 Å². The number of hydrogen-bond donors (Lipinski definition) is 0. The van der Waals surface area contributed by atoms with Gasteiger partial charge in [-0.15, -0.1) is 11.6 Å². The van der Waals surface area contributed by atoms with Gasteiger partial charge in [0.1, 0.15) is 17.5 Å². The van der Waals surface area contributed by atoms with Crippen LogP contribution < -0.4 is 4.74 Å². The minimum Gasteiger partial charge on any atom is -0.488 e. The number of rotatable bonds is 4. The number of ether oxygens (including phenoxy) is 1. The molecule has 20 heavy (non-hydrogen) atoms. The molecule has 1 aromatic carbocycles. The zero-order chi connectivity index (χ0) is 14.9. The van der Waals surface area contributed by atoms with Crippen molar-refractivity contribution in [1.29, 1.82) is 0 Å². The molecular weight excluding hydrogens is 363 g/mol. The SMILES string of the molecule is Cc1cc(Br)cc(CCl)c1OCc1c(C)nn(C)c1Cl. The fraction of sp³-hybridized carbons (Fsp3) is 0.357. The summed E-state index contributed by atoms with van der Waals surface area (Å²) in [5.41, 5.74) is 3.76. The van der Waals surface area contributed by atoms with E-state index in [0.29, 0.717) is 17.6 Å². The highest BCUT2D eigenvalue weighted by atomic mass is 79.9. The summed E-state index contributed by atoms with van der Waals surface area (Å²) in [4.78, 5) is 0. The Labute approximate surface area is 137 Å². The maximum atomic E-state index is 6.21. The Kier molecular flexibility index (Phi) is 4.99. The second-order valence-electron chi connectivity index (χ2n) is 4.61. The van der Waals surface area contributed by atoms with Crippen LogP contribution in [-0.4, -0.2) is 9.78 Å². The van der Waals surface area contributed by atoms with Gasteiger partial charge in [0.05, 0.1) is 11.6 Å². The highest BCUT2D eigenvalue weighted by molar-refractivity contribution is 9.10. The number of benzene rings is 1. The summed E-state index contributed by atoms with van der Waals surface area (Å²) in [7, 11) is 1.81. The maximum absolute atomic E-state index is 6.21. The Balaban J connectivity index is 2.27. The van der Waals surface area contributed by atoms with E-state index in [9.17, 15) is 0 Å². The largest absolute Gasteiger partial charge is 0.488 e. The average molecular weight is 378 g/mol. The molecule has 0 saturated carbocycles. The van der Waals surface area contributed by atoms with Gasteiger partial charge in [0.15, 0.2) is 0 Å². The molecule has 0 bridgehead atoms. The number of aryl methyl sites for hydroxylation is 3. The highest BCUT2D eigenvalue weighted by Gasteiger charge is 2.14. The predicted octanol–water partition coefficient (Wildman–Crippen LogP) is 4.77. The Morgan fingerprint density at radius 2 is 2.05 bits per heavy atom. The van der Waals surface area contributed by atoms with Crippen LogP contribution in [0.25, 0.3) is 0 Å². The van der Waals surface area contributed by atoms with Crippen molar-refractivity contribution in [3.63, 3.8) is 0 Å². The Hall–Kier alpha value is -0.710. The molecule has 0 aliphatic heterocycles. The summed E-state index contributed by atoms with van der Waals surface area (Å²) < 4.78 is 8.57. The van der Waals surface area contributed by atoms with Gasteiger partial charge in [-0.25, -0.2) is 0 Å². The molecule has 0 fully saturated rings. The first kappa shape index (κ1) is 15.7. The molecule has 0 radical (unpaired) electrons. The van der Waals surface area contributed by atoms with Crippen LogP contribution in [0.5, 0.6) is 5.75 Å². The number of halogens is 3. The van der Waals surface area contributed by atoms with Gasteiger partial charge in [0.2, 0.25) is 0 Å². The molecule has 0 atom stereocenters. The van der Waals surface area contributed by atoms with Crippen molar-refractivity contribution in [2.45, 2.75) is 26.3 Å². The lowest BCUT2D eigenvalue weighted by Gasteiger charge is -2.13. The van der Waals surface area contributed by atoms with Crippen molar-refractivity contribution in [2.24, 2.45) is 7.05 Å². The van der Waals surface area contributed by atoms with E-state index in [-0.39, 0.29) is 0 Å². The fourth-order valence-corrected chi connectivity index (χ4v) is 3.13. The highest BCUT2D eigenvalue weighted by Crippen LogP contribution is 2.31. The Bertz CT molecular complexity index is 641. The van der Waals surface area contributed by atoms with E-state index in [2.05, 4.69) is 21.0 Å². The van der Waals surface area contributed by atoms with E-state index < -0.39 is 0 Å². The summed E-state index contributed by atoms with van der Waals surface area (Å²) in [5.74, 6) is 1.21. The third kappa shape index (κ3) is 3.13. The second-order valence-corrected chi connectivity index (χ2v) is 6.15.